The molecule has 0 N–H and O–H groups in total. The number of methoxy groups -OCH3 is 2. The molecule has 0 bridgehead atoms. The highest BCUT2D eigenvalue weighted by Crippen LogP contribution is 2.33. The Labute approximate surface area is 152 Å². The van der Waals surface area contributed by atoms with E-state index in [2.05, 4.69) is 9.55 Å². The molecule has 0 aliphatic carbocycles. The summed E-state index contributed by atoms with van der Waals surface area (Å²) in [6.45, 7) is 0.958. The van der Waals surface area contributed by atoms with E-state index in [0.29, 0.717) is 5.69 Å². The minimum absolute atomic E-state index is 0.0656. The fourth-order valence-electron chi connectivity index (χ4n) is 3.06. The molecule has 0 atom stereocenters. The molecule has 0 spiro atoms. The molecule has 0 unspecified atom stereocenters. The fourth-order valence-corrected chi connectivity index (χ4v) is 4.26. The summed E-state index contributed by atoms with van der Waals surface area (Å²) in [7, 11) is 0.0790. The van der Waals surface area contributed by atoms with Crippen molar-refractivity contribution in [3.05, 3.63) is 35.7 Å². The minimum atomic E-state index is -4.05. The van der Waals surface area contributed by atoms with Crippen molar-refractivity contribution < 1.29 is 22.3 Å². The number of fused-ring (bicyclic) bond motifs is 1. The number of sulfonamides is 1. The zero-order valence-corrected chi connectivity index (χ0v) is 15.8. The summed E-state index contributed by atoms with van der Waals surface area (Å²) in [6.07, 6.45) is 4.93. The first-order valence-corrected chi connectivity index (χ1v) is 9.73. The van der Waals surface area contributed by atoms with Crippen LogP contribution in [0.3, 0.4) is 0 Å². The molecular weight excluding hydrogens is 361 g/mol. The van der Waals surface area contributed by atoms with Crippen LogP contribution in [0.15, 0.2) is 23.2 Å². The Morgan fingerprint density at radius 2 is 1.92 bits per heavy atom. The molecular formula is C17H22FN3O4S. The van der Waals surface area contributed by atoms with Crippen LogP contribution in [0.5, 0.6) is 11.5 Å². The maximum Gasteiger partial charge on any atom is 0.246 e. The van der Waals surface area contributed by atoms with Crippen LogP contribution in [0.25, 0.3) is 0 Å². The number of hydrogen-bond acceptors (Lipinski definition) is 5. The summed E-state index contributed by atoms with van der Waals surface area (Å²) in [4.78, 5) is 4.04. The van der Waals surface area contributed by atoms with E-state index in [9.17, 15) is 12.8 Å². The zero-order valence-electron chi connectivity index (χ0n) is 15.0. The second-order valence-electron chi connectivity index (χ2n) is 6.20. The van der Waals surface area contributed by atoms with Crippen molar-refractivity contribution in [2.45, 2.75) is 37.2 Å². The number of nitrogens with zero attached hydrogens (tertiary/aromatic N) is 3. The Hall–Kier alpha value is -2.13. The lowest BCUT2D eigenvalue weighted by molar-refractivity contribution is 0.349. The lowest BCUT2D eigenvalue weighted by Gasteiger charge is -2.18. The molecule has 0 saturated heterocycles. The molecule has 1 aromatic carbocycles. The molecule has 142 valence electrons. The first-order chi connectivity index (χ1) is 12.4. The number of halogens is 1. The molecule has 2 aromatic rings. The second kappa shape index (κ2) is 7.24. The van der Waals surface area contributed by atoms with Crippen LogP contribution in [0, 0.1) is 5.82 Å². The summed E-state index contributed by atoms with van der Waals surface area (Å²) in [6, 6.07) is 2.15. The van der Waals surface area contributed by atoms with Gasteiger partial charge in [-0.2, -0.15) is 4.31 Å². The highest BCUT2D eigenvalue weighted by atomic mass is 32.2. The maximum absolute atomic E-state index is 14.4. The number of aryl methyl sites for hydroxylation is 2. The van der Waals surface area contributed by atoms with E-state index >= 15 is 0 Å². The van der Waals surface area contributed by atoms with Crippen LogP contribution in [-0.4, -0.2) is 43.5 Å². The van der Waals surface area contributed by atoms with Gasteiger partial charge in [0.05, 0.1) is 26.5 Å². The Kier molecular flexibility index (Phi) is 5.19. The number of ether oxygens (including phenoxy) is 2. The molecule has 2 heterocycles. The van der Waals surface area contributed by atoms with Crippen LogP contribution in [0.2, 0.25) is 0 Å². The summed E-state index contributed by atoms with van der Waals surface area (Å²) < 4.78 is 53.3. The highest BCUT2D eigenvalue weighted by molar-refractivity contribution is 7.89. The molecule has 9 heteroatoms. The van der Waals surface area contributed by atoms with Gasteiger partial charge in [-0.25, -0.2) is 17.8 Å². The fraction of sp³-hybridized carbons (Fsp3) is 0.471. The lowest BCUT2D eigenvalue weighted by Crippen LogP contribution is -2.27. The van der Waals surface area contributed by atoms with Gasteiger partial charge in [0.2, 0.25) is 10.0 Å². The van der Waals surface area contributed by atoms with Gasteiger partial charge in [-0.3, -0.25) is 0 Å². The van der Waals surface area contributed by atoms with Crippen molar-refractivity contribution in [3.8, 4) is 11.5 Å². The molecule has 1 aliphatic rings. The zero-order chi connectivity index (χ0) is 18.9. The van der Waals surface area contributed by atoms with Crippen molar-refractivity contribution in [1.82, 2.24) is 13.9 Å². The Morgan fingerprint density at radius 1 is 1.23 bits per heavy atom. The van der Waals surface area contributed by atoms with Crippen LogP contribution in [0.1, 0.15) is 24.4 Å². The first kappa shape index (κ1) is 18.7. The van der Waals surface area contributed by atoms with Crippen molar-refractivity contribution in [2.24, 2.45) is 0 Å². The molecule has 0 radical (unpaired) electrons. The Morgan fingerprint density at radius 3 is 2.58 bits per heavy atom. The standard InChI is InChI=1S/C17H22FN3O4S/c1-20(10-12-11-21-7-5-4-6-17(21)19-12)26(22,23)16-9-15(25-3)14(24-2)8-13(16)18/h8-9,11H,4-7,10H2,1-3H3. The summed E-state index contributed by atoms with van der Waals surface area (Å²) >= 11 is 0. The van der Waals surface area contributed by atoms with Crippen LogP contribution in [-0.2, 0) is 29.5 Å². The van der Waals surface area contributed by atoms with Crippen molar-refractivity contribution in [1.29, 1.82) is 0 Å². The topological polar surface area (TPSA) is 73.7 Å². The van der Waals surface area contributed by atoms with Crippen molar-refractivity contribution in [3.63, 3.8) is 0 Å². The monoisotopic (exact) mass is 383 g/mol. The van der Waals surface area contributed by atoms with E-state index in [-0.39, 0.29) is 18.0 Å². The van der Waals surface area contributed by atoms with Gasteiger partial charge in [0.25, 0.3) is 0 Å². The molecule has 0 fully saturated rings. The van der Waals surface area contributed by atoms with Crippen LogP contribution in [0.4, 0.5) is 4.39 Å². The molecule has 3 rings (SSSR count). The third kappa shape index (κ3) is 3.41. The molecule has 1 aliphatic heterocycles. The molecule has 1 aromatic heterocycles. The van der Waals surface area contributed by atoms with Crippen molar-refractivity contribution in [2.75, 3.05) is 21.3 Å². The Bertz CT molecular complexity index is 887. The molecule has 0 amide bonds. The summed E-state index contributed by atoms with van der Waals surface area (Å²) in [5, 5.41) is 0. The summed E-state index contributed by atoms with van der Waals surface area (Å²) in [5.74, 6) is 0.361. The van der Waals surface area contributed by atoms with Gasteiger partial charge in [0.1, 0.15) is 16.5 Å². The van der Waals surface area contributed by atoms with Gasteiger partial charge in [-0.05, 0) is 12.8 Å². The quantitative estimate of drug-likeness (QED) is 0.765. The normalized spacial score (nSPS) is 14.3. The van der Waals surface area contributed by atoms with E-state index in [0.717, 1.165) is 48.1 Å². The van der Waals surface area contributed by atoms with Gasteiger partial charge in [0.15, 0.2) is 11.5 Å². The molecule has 26 heavy (non-hydrogen) atoms. The van der Waals surface area contributed by atoms with Gasteiger partial charge in [-0.1, -0.05) is 0 Å². The van der Waals surface area contributed by atoms with E-state index in [1.54, 1.807) is 0 Å². The average Bonchev–Trinajstić information content (AvgIpc) is 3.03. The smallest absolute Gasteiger partial charge is 0.246 e. The third-order valence-electron chi connectivity index (χ3n) is 4.47. The van der Waals surface area contributed by atoms with Crippen molar-refractivity contribution >= 4 is 10.0 Å². The van der Waals surface area contributed by atoms with E-state index < -0.39 is 20.7 Å². The number of hydrogen-bond donors (Lipinski definition) is 0. The third-order valence-corrected chi connectivity index (χ3v) is 6.29. The number of imidazole rings is 1. The highest BCUT2D eigenvalue weighted by Gasteiger charge is 2.28. The number of benzene rings is 1. The van der Waals surface area contributed by atoms with Gasteiger partial charge >= 0.3 is 0 Å². The molecule has 7 nitrogen and oxygen atoms in total. The van der Waals surface area contributed by atoms with E-state index in [4.69, 9.17) is 9.47 Å². The number of rotatable bonds is 6. The minimum Gasteiger partial charge on any atom is -0.493 e. The lowest BCUT2D eigenvalue weighted by atomic mass is 10.2. The van der Waals surface area contributed by atoms with Gasteiger partial charge in [-0.15, -0.1) is 0 Å². The average molecular weight is 383 g/mol. The molecule has 0 saturated carbocycles. The predicted molar refractivity (Wildman–Crippen MR) is 93.3 cm³/mol. The maximum atomic E-state index is 14.4. The van der Waals surface area contributed by atoms with Crippen LogP contribution < -0.4 is 9.47 Å². The predicted octanol–water partition coefficient (Wildman–Crippen LogP) is 2.20. The van der Waals surface area contributed by atoms with E-state index in [1.165, 1.54) is 21.3 Å². The Balaban J connectivity index is 1.88. The van der Waals surface area contributed by atoms with E-state index in [1.807, 2.05) is 6.20 Å². The first-order valence-electron chi connectivity index (χ1n) is 8.29. The van der Waals surface area contributed by atoms with Crippen LogP contribution >= 0.6 is 0 Å². The van der Waals surface area contributed by atoms with Gasteiger partial charge < -0.3 is 14.0 Å². The second-order valence-corrected chi connectivity index (χ2v) is 8.21. The number of aromatic nitrogens is 2. The largest absolute Gasteiger partial charge is 0.493 e. The summed E-state index contributed by atoms with van der Waals surface area (Å²) in [5.41, 5.74) is 0.647. The SMILES string of the molecule is COc1cc(F)c(S(=O)(=O)N(C)Cc2cn3c(n2)CCCC3)cc1OC. The van der Waals surface area contributed by atoms with Gasteiger partial charge in [0, 0.05) is 38.3 Å².